The quantitative estimate of drug-likeness (QED) is 0.603. The standard InChI is InChI=1S/C15H16Cl2N4O3S/c1-24-14(23)12-5-9(22)6-20(12)7-21-15(25)18-13(19-21)10-3-2-8(16)4-11(10)17/h2-4,9,12,22H,5-7H2,1H3,(H,18,19,25)/t9-,12-/m0/s1. The van der Waals surface area contributed by atoms with E-state index in [2.05, 4.69) is 10.1 Å². The van der Waals surface area contributed by atoms with E-state index < -0.39 is 12.1 Å². The molecule has 0 amide bonds. The maximum Gasteiger partial charge on any atom is 0.323 e. The molecular weight excluding hydrogens is 387 g/mol. The number of aromatic amines is 1. The maximum absolute atomic E-state index is 11.9. The Morgan fingerprint density at radius 1 is 1.52 bits per heavy atom. The van der Waals surface area contributed by atoms with Crippen molar-refractivity contribution in [2.45, 2.75) is 25.2 Å². The van der Waals surface area contributed by atoms with Crippen LogP contribution in [0.4, 0.5) is 0 Å². The third kappa shape index (κ3) is 3.88. The van der Waals surface area contributed by atoms with E-state index in [-0.39, 0.29) is 12.6 Å². The van der Waals surface area contributed by atoms with Crippen LogP contribution >= 0.6 is 35.4 Å². The maximum atomic E-state index is 11.9. The summed E-state index contributed by atoms with van der Waals surface area (Å²) in [6.45, 7) is 0.617. The first-order chi connectivity index (χ1) is 11.9. The van der Waals surface area contributed by atoms with Gasteiger partial charge in [0.15, 0.2) is 5.82 Å². The molecule has 0 bridgehead atoms. The van der Waals surface area contributed by atoms with Crippen LogP contribution in [-0.2, 0) is 16.2 Å². The van der Waals surface area contributed by atoms with Crippen LogP contribution < -0.4 is 0 Å². The molecule has 0 spiro atoms. The molecule has 1 saturated heterocycles. The van der Waals surface area contributed by atoms with E-state index in [0.29, 0.717) is 39.2 Å². The van der Waals surface area contributed by atoms with Crippen molar-refractivity contribution in [2.24, 2.45) is 0 Å². The van der Waals surface area contributed by atoms with Gasteiger partial charge in [-0.25, -0.2) is 4.68 Å². The molecule has 0 aliphatic carbocycles. The number of halogens is 2. The fourth-order valence-corrected chi connectivity index (χ4v) is 3.55. The van der Waals surface area contributed by atoms with Gasteiger partial charge >= 0.3 is 5.97 Å². The first-order valence-corrected chi connectivity index (χ1v) is 8.67. The van der Waals surface area contributed by atoms with Crippen LogP contribution in [-0.4, -0.2) is 56.5 Å². The van der Waals surface area contributed by atoms with Gasteiger partial charge in [0.1, 0.15) is 6.04 Å². The number of methoxy groups -OCH3 is 1. The van der Waals surface area contributed by atoms with Gasteiger partial charge in [-0.2, -0.15) is 4.98 Å². The summed E-state index contributed by atoms with van der Waals surface area (Å²) in [5.41, 5.74) is 0.668. The SMILES string of the molecule is COC(=O)[C@@H]1C[C@H](O)CN1Cn1[nH]c(-c2ccc(Cl)cc2Cl)nc1=S. The first-order valence-electron chi connectivity index (χ1n) is 7.51. The number of carbonyl (C=O) groups is 1. The molecule has 2 N–H and O–H groups in total. The molecule has 7 nitrogen and oxygen atoms in total. The zero-order valence-corrected chi connectivity index (χ0v) is 15.6. The number of carbonyl (C=O) groups excluding carboxylic acids is 1. The van der Waals surface area contributed by atoms with E-state index in [0.717, 1.165) is 0 Å². The van der Waals surface area contributed by atoms with Crippen LogP contribution in [0.15, 0.2) is 18.2 Å². The van der Waals surface area contributed by atoms with Crippen molar-refractivity contribution in [3.63, 3.8) is 0 Å². The largest absolute Gasteiger partial charge is 0.468 e. The van der Waals surface area contributed by atoms with Crippen molar-refractivity contribution < 1.29 is 14.6 Å². The molecule has 10 heteroatoms. The molecule has 134 valence electrons. The molecule has 2 heterocycles. The summed E-state index contributed by atoms with van der Waals surface area (Å²) in [6.07, 6.45) is -0.268. The van der Waals surface area contributed by atoms with Gasteiger partial charge in [-0.05, 0) is 30.4 Å². The summed E-state index contributed by atoms with van der Waals surface area (Å²) in [5, 5.41) is 13.9. The van der Waals surface area contributed by atoms with Crippen LogP contribution in [0, 0.1) is 4.77 Å². The molecule has 1 fully saturated rings. The molecule has 1 aliphatic rings. The minimum Gasteiger partial charge on any atom is -0.468 e. The Hall–Kier alpha value is -1.45. The Morgan fingerprint density at radius 3 is 2.96 bits per heavy atom. The number of β-amino-alcohol motifs (C(OH)–C–C–N with tert-alkyl or cyclic N) is 1. The second-order valence-electron chi connectivity index (χ2n) is 5.75. The molecule has 0 saturated carbocycles. The highest BCUT2D eigenvalue weighted by Crippen LogP contribution is 2.28. The molecule has 2 atom stereocenters. The molecule has 3 rings (SSSR count). The third-order valence-electron chi connectivity index (χ3n) is 4.04. The molecule has 0 unspecified atom stereocenters. The second-order valence-corrected chi connectivity index (χ2v) is 6.96. The molecule has 1 aromatic heterocycles. The fourth-order valence-electron chi connectivity index (χ4n) is 2.85. The minimum atomic E-state index is -0.591. The molecule has 1 aromatic carbocycles. The van der Waals surface area contributed by atoms with E-state index in [4.69, 9.17) is 40.2 Å². The molecule has 25 heavy (non-hydrogen) atoms. The van der Waals surface area contributed by atoms with Crippen molar-refractivity contribution in [2.75, 3.05) is 13.7 Å². The summed E-state index contributed by atoms with van der Waals surface area (Å²) in [4.78, 5) is 18.0. The van der Waals surface area contributed by atoms with Gasteiger partial charge in [0.25, 0.3) is 0 Å². The van der Waals surface area contributed by atoms with E-state index in [1.807, 2.05) is 0 Å². The van der Waals surface area contributed by atoms with Gasteiger partial charge in [0, 0.05) is 23.6 Å². The van der Waals surface area contributed by atoms with Crippen molar-refractivity contribution in [1.29, 1.82) is 0 Å². The van der Waals surface area contributed by atoms with Crippen molar-refractivity contribution in [3.05, 3.63) is 33.0 Å². The number of hydrogen-bond donors (Lipinski definition) is 2. The summed E-state index contributed by atoms with van der Waals surface area (Å²) in [7, 11) is 1.33. The summed E-state index contributed by atoms with van der Waals surface area (Å²) < 4.78 is 6.73. The van der Waals surface area contributed by atoms with Gasteiger partial charge in [-0.1, -0.05) is 23.2 Å². The zero-order valence-electron chi connectivity index (χ0n) is 13.3. The number of H-pyrrole nitrogens is 1. The number of aliphatic hydroxyl groups is 1. The Bertz CT molecular complexity index is 854. The van der Waals surface area contributed by atoms with Gasteiger partial charge in [-0.15, -0.1) is 0 Å². The minimum absolute atomic E-state index is 0.272. The van der Waals surface area contributed by atoms with Gasteiger partial charge in [0.2, 0.25) is 4.77 Å². The third-order valence-corrected chi connectivity index (χ3v) is 4.90. The zero-order chi connectivity index (χ0) is 18.1. The predicted octanol–water partition coefficient (Wildman–Crippen LogP) is 2.48. The number of rotatable bonds is 4. The number of aromatic nitrogens is 3. The number of nitrogens with one attached hydrogen (secondary N) is 1. The number of aliphatic hydroxyl groups excluding tert-OH is 1. The normalized spacial score (nSPS) is 20.8. The lowest BCUT2D eigenvalue weighted by Gasteiger charge is -2.21. The molecular formula is C15H16Cl2N4O3S. The fraction of sp³-hybridized carbons (Fsp3) is 0.400. The van der Waals surface area contributed by atoms with Crippen LogP contribution in [0.1, 0.15) is 6.42 Å². The number of benzene rings is 1. The average molecular weight is 403 g/mol. The van der Waals surface area contributed by atoms with Crippen LogP contribution in [0.25, 0.3) is 11.4 Å². The van der Waals surface area contributed by atoms with Gasteiger partial charge < -0.3 is 9.84 Å². The Morgan fingerprint density at radius 2 is 2.28 bits per heavy atom. The topological polar surface area (TPSA) is 83.4 Å². The number of hydrogen-bond acceptors (Lipinski definition) is 6. The highest BCUT2D eigenvalue weighted by atomic mass is 35.5. The van der Waals surface area contributed by atoms with Crippen molar-refractivity contribution >= 4 is 41.4 Å². The van der Waals surface area contributed by atoms with Gasteiger partial charge in [-0.3, -0.25) is 14.8 Å². The second kappa shape index (κ2) is 7.43. The smallest absolute Gasteiger partial charge is 0.323 e. The average Bonchev–Trinajstić information content (AvgIpc) is 3.10. The lowest BCUT2D eigenvalue weighted by atomic mass is 10.2. The number of likely N-dealkylation sites (tertiary alicyclic amines) is 1. The van der Waals surface area contributed by atoms with E-state index in [9.17, 15) is 9.90 Å². The monoisotopic (exact) mass is 402 g/mol. The molecule has 2 aromatic rings. The summed E-state index contributed by atoms with van der Waals surface area (Å²) in [6, 6.07) is 4.56. The highest BCUT2D eigenvalue weighted by molar-refractivity contribution is 7.71. The van der Waals surface area contributed by atoms with E-state index in [1.54, 1.807) is 27.8 Å². The Labute approximate surface area is 159 Å². The lowest BCUT2D eigenvalue weighted by molar-refractivity contribution is -0.146. The number of nitrogens with zero attached hydrogens (tertiary/aromatic N) is 3. The molecule has 1 aliphatic heterocycles. The van der Waals surface area contributed by atoms with E-state index in [1.165, 1.54) is 7.11 Å². The summed E-state index contributed by atoms with van der Waals surface area (Å²) in [5.74, 6) is 0.115. The van der Waals surface area contributed by atoms with Crippen LogP contribution in [0.3, 0.4) is 0 Å². The van der Waals surface area contributed by atoms with Gasteiger partial charge in [0.05, 0.1) is 24.9 Å². The highest BCUT2D eigenvalue weighted by Gasteiger charge is 2.37. The van der Waals surface area contributed by atoms with E-state index >= 15 is 0 Å². The number of ether oxygens (including phenoxy) is 1. The molecule has 0 radical (unpaired) electrons. The lowest BCUT2D eigenvalue weighted by Crippen LogP contribution is -2.38. The van der Waals surface area contributed by atoms with Crippen molar-refractivity contribution in [1.82, 2.24) is 19.7 Å². The summed E-state index contributed by atoms with van der Waals surface area (Å²) >= 11 is 17.4. The van der Waals surface area contributed by atoms with Crippen molar-refractivity contribution in [3.8, 4) is 11.4 Å². The van der Waals surface area contributed by atoms with Crippen LogP contribution in [0.5, 0.6) is 0 Å². The number of esters is 1. The Balaban J connectivity index is 1.85. The van der Waals surface area contributed by atoms with Crippen LogP contribution in [0.2, 0.25) is 10.0 Å². The predicted molar refractivity (Wildman–Crippen MR) is 96.0 cm³/mol. The first kappa shape index (κ1) is 18.3. The Kier molecular flexibility index (Phi) is 5.45.